The molecule has 1 saturated heterocycles. The third-order valence-electron chi connectivity index (χ3n) is 2.14. The average Bonchev–Trinajstić information content (AvgIpc) is 2.45. The van der Waals surface area contributed by atoms with E-state index >= 15 is 0 Å². The number of carbonyl (C=O) groups is 2. The van der Waals surface area contributed by atoms with Crippen LogP contribution >= 0.6 is 0 Å². The quantitative estimate of drug-likeness (QED) is 0.688. The fourth-order valence-corrected chi connectivity index (χ4v) is 1.46. The number of hydrogen-bond acceptors (Lipinski definition) is 4. The van der Waals surface area contributed by atoms with Crippen LogP contribution < -0.4 is 11.1 Å². The van der Waals surface area contributed by atoms with Crippen molar-refractivity contribution in [3.05, 3.63) is 29.8 Å². The lowest BCUT2D eigenvalue weighted by atomic mass is 10.1. The summed E-state index contributed by atoms with van der Waals surface area (Å²) in [5.41, 5.74) is 7.07. The monoisotopic (exact) mass is 206 g/mol. The molecule has 1 fully saturated rings. The first-order valence-corrected chi connectivity index (χ1v) is 4.51. The fraction of sp³-hybridized carbons (Fsp3) is 0.200. The number of anilines is 1. The summed E-state index contributed by atoms with van der Waals surface area (Å²) in [4.78, 5) is 21.9. The largest absolute Gasteiger partial charge is 0.435 e. The molecule has 1 aliphatic heterocycles. The number of alkyl carbamates (subject to hydrolysis) is 1. The third kappa shape index (κ3) is 2.07. The molecule has 3 N–H and O–H groups in total. The second-order valence-electron chi connectivity index (χ2n) is 3.33. The van der Waals surface area contributed by atoms with Crippen molar-refractivity contribution in [2.24, 2.45) is 0 Å². The molecule has 1 atom stereocenters. The van der Waals surface area contributed by atoms with Crippen LogP contribution in [-0.4, -0.2) is 18.1 Å². The molecule has 0 aromatic heterocycles. The van der Waals surface area contributed by atoms with Gasteiger partial charge in [0.2, 0.25) is 0 Å². The van der Waals surface area contributed by atoms with Gasteiger partial charge in [-0.1, -0.05) is 12.1 Å². The standard InChI is InChI=1S/C10H10N2O3/c11-7-3-1-2-6(4-7)5-8-9(13)12-10(14)15-8/h1-4,8H,5,11H2,(H,12,13,14). The van der Waals surface area contributed by atoms with Crippen LogP contribution in [0.4, 0.5) is 10.5 Å². The molecule has 1 aliphatic rings. The Labute approximate surface area is 86.2 Å². The molecular weight excluding hydrogens is 196 g/mol. The van der Waals surface area contributed by atoms with Crippen molar-refractivity contribution in [1.82, 2.24) is 5.32 Å². The van der Waals surface area contributed by atoms with Gasteiger partial charge in [-0.2, -0.15) is 0 Å². The minimum absolute atomic E-state index is 0.350. The van der Waals surface area contributed by atoms with Gasteiger partial charge < -0.3 is 10.5 Å². The summed E-state index contributed by atoms with van der Waals surface area (Å²) in [5, 5.41) is 2.07. The number of carbonyl (C=O) groups excluding carboxylic acids is 2. The smallest absolute Gasteiger partial charge is 0.414 e. The van der Waals surface area contributed by atoms with Crippen LogP contribution in [0.5, 0.6) is 0 Å². The van der Waals surface area contributed by atoms with E-state index in [0.717, 1.165) is 5.56 Å². The molecule has 1 aromatic carbocycles. The summed E-state index contributed by atoms with van der Waals surface area (Å²) in [6, 6.07) is 7.12. The van der Waals surface area contributed by atoms with Crippen molar-refractivity contribution in [1.29, 1.82) is 0 Å². The Morgan fingerprint density at radius 1 is 1.40 bits per heavy atom. The van der Waals surface area contributed by atoms with Gasteiger partial charge in [0.25, 0.3) is 5.91 Å². The number of cyclic esters (lactones) is 1. The highest BCUT2D eigenvalue weighted by Crippen LogP contribution is 2.13. The Morgan fingerprint density at radius 3 is 2.80 bits per heavy atom. The minimum Gasteiger partial charge on any atom is -0.435 e. The molecule has 15 heavy (non-hydrogen) atoms. The highest BCUT2D eigenvalue weighted by atomic mass is 16.6. The van der Waals surface area contributed by atoms with Crippen LogP contribution in [0.25, 0.3) is 0 Å². The van der Waals surface area contributed by atoms with Crippen molar-refractivity contribution >= 4 is 17.7 Å². The number of nitrogens with one attached hydrogen (secondary N) is 1. The van der Waals surface area contributed by atoms with E-state index in [1.54, 1.807) is 18.2 Å². The third-order valence-corrected chi connectivity index (χ3v) is 2.14. The second kappa shape index (κ2) is 3.61. The molecule has 5 heteroatoms. The number of rotatable bonds is 2. The maximum absolute atomic E-state index is 11.2. The van der Waals surface area contributed by atoms with Gasteiger partial charge in [-0.25, -0.2) is 4.79 Å². The van der Waals surface area contributed by atoms with E-state index in [1.807, 2.05) is 6.07 Å². The maximum Gasteiger partial charge on any atom is 0.414 e. The summed E-state index contributed by atoms with van der Waals surface area (Å²) in [7, 11) is 0. The average molecular weight is 206 g/mol. The number of imide groups is 1. The Balaban J connectivity index is 2.09. The van der Waals surface area contributed by atoms with Gasteiger partial charge in [0.15, 0.2) is 6.10 Å². The van der Waals surface area contributed by atoms with E-state index in [9.17, 15) is 9.59 Å². The van der Waals surface area contributed by atoms with Gasteiger partial charge in [0, 0.05) is 12.1 Å². The lowest BCUT2D eigenvalue weighted by Gasteiger charge is -2.06. The van der Waals surface area contributed by atoms with Crippen LogP contribution in [0.15, 0.2) is 24.3 Å². The molecule has 0 saturated carbocycles. The second-order valence-corrected chi connectivity index (χ2v) is 3.33. The first-order chi connectivity index (χ1) is 7.15. The highest BCUT2D eigenvalue weighted by Gasteiger charge is 2.31. The number of nitrogens with two attached hydrogens (primary N) is 1. The van der Waals surface area contributed by atoms with Crippen LogP contribution in [0, 0.1) is 0 Å². The van der Waals surface area contributed by atoms with Crippen LogP contribution in [0.3, 0.4) is 0 Å². The van der Waals surface area contributed by atoms with E-state index < -0.39 is 18.1 Å². The lowest BCUT2D eigenvalue weighted by Crippen LogP contribution is -2.25. The molecule has 0 aliphatic carbocycles. The predicted octanol–water partition coefficient (Wildman–Crippen LogP) is 0.446. The summed E-state index contributed by atoms with van der Waals surface area (Å²) >= 11 is 0. The van der Waals surface area contributed by atoms with Gasteiger partial charge in [0.05, 0.1) is 0 Å². The van der Waals surface area contributed by atoms with Crippen molar-refractivity contribution in [3.8, 4) is 0 Å². The summed E-state index contributed by atoms with van der Waals surface area (Å²) in [5.74, 6) is -0.401. The van der Waals surface area contributed by atoms with Crippen molar-refractivity contribution < 1.29 is 14.3 Å². The first kappa shape index (κ1) is 9.51. The molecule has 2 rings (SSSR count). The van der Waals surface area contributed by atoms with E-state index in [2.05, 4.69) is 5.32 Å². The van der Waals surface area contributed by atoms with Crippen LogP contribution in [0.1, 0.15) is 5.56 Å². The Bertz CT molecular complexity index is 417. The number of hydrogen-bond donors (Lipinski definition) is 2. The van der Waals surface area contributed by atoms with E-state index in [0.29, 0.717) is 12.1 Å². The molecule has 0 spiro atoms. The van der Waals surface area contributed by atoms with E-state index in [4.69, 9.17) is 10.5 Å². The zero-order valence-corrected chi connectivity index (χ0v) is 7.90. The number of benzene rings is 1. The van der Waals surface area contributed by atoms with Crippen molar-refractivity contribution in [3.63, 3.8) is 0 Å². The molecular formula is C10H10N2O3. The molecule has 2 amide bonds. The Hall–Kier alpha value is -2.04. The van der Waals surface area contributed by atoms with Gasteiger partial charge in [0.1, 0.15) is 0 Å². The highest BCUT2D eigenvalue weighted by molar-refractivity contribution is 6.00. The predicted molar refractivity (Wildman–Crippen MR) is 53.0 cm³/mol. The minimum atomic E-state index is -0.737. The molecule has 0 radical (unpaired) electrons. The number of ether oxygens (including phenoxy) is 1. The van der Waals surface area contributed by atoms with Gasteiger partial charge in [-0.15, -0.1) is 0 Å². The SMILES string of the molecule is Nc1cccc(CC2OC(=O)NC2=O)c1. The molecule has 1 heterocycles. The molecule has 1 aromatic rings. The summed E-state index contributed by atoms with van der Waals surface area (Å²) in [6.07, 6.45) is -1.07. The first-order valence-electron chi connectivity index (χ1n) is 4.51. The van der Waals surface area contributed by atoms with Gasteiger partial charge in [-0.05, 0) is 17.7 Å². The normalized spacial score (nSPS) is 19.9. The topological polar surface area (TPSA) is 81.4 Å². The molecule has 0 bridgehead atoms. The number of nitrogen functional groups attached to an aromatic ring is 1. The summed E-state index contributed by atoms with van der Waals surface area (Å²) < 4.78 is 4.78. The van der Waals surface area contributed by atoms with Crippen molar-refractivity contribution in [2.75, 3.05) is 5.73 Å². The van der Waals surface area contributed by atoms with E-state index in [1.165, 1.54) is 0 Å². The zero-order chi connectivity index (χ0) is 10.8. The Morgan fingerprint density at radius 2 is 2.20 bits per heavy atom. The van der Waals surface area contributed by atoms with Crippen LogP contribution in [0.2, 0.25) is 0 Å². The summed E-state index contributed by atoms with van der Waals surface area (Å²) in [6.45, 7) is 0. The molecule has 1 unspecified atom stereocenters. The maximum atomic E-state index is 11.2. The van der Waals surface area contributed by atoms with Crippen molar-refractivity contribution in [2.45, 2.75) is 12.5 Å². The van der Waals surface area contributed by atoms with Gasteiger partial charge >= 0.3 is 6.09 Å². The van der Waals surface area contributed by atoms with Gasteiger partial charge in [-0.3, -0.25) is 10.1 Å². The van der Waals surface area contributed by atoms with E-state index in [-0.39, 0.29) is 0 Å². The zero-order valence-electron chi connectivity index (χ0n) is 7.90. The Kier molecular flexibility index (Phi) is 2.29. The lowest BCUT2D eigenvalue weighted by molar-refractivity contribution is -0.123. The molecule has 78 valence electrons. The fourth-order valence-electron chi connectivity index (χ4n) is 1.46. The number of amides is 2. The molecule has 5 nitrogen and oxygen atoms in total. The van der Waals surface area contributed by atoms with Crippen LogP contribution in [-0.2, 0) is 16.0 Å².